The van der Waals surface area contributed by atoms with Gasteiger partial charge in [-0.3, -0.25) is 4.99 Å². The first kappa shape index (κ1) is 23.6. The maximum atomic E-state index is 13.7. The molecule has 0 spiro atoms. The number of aliphatic imine (C=N–C) groups is 1. The van der Waals surface area contributed by atoms with Crippen molar-refractivity contribution in [2.45, 2.75) is 19.6 Å². The zero-order valence-corrected chi connectivity index (χ0v) is 16.8. The molecular formula is C19H14Cl2F4N2O3. The third-order valence-corrected chi connectivity index (χ3v) is 4.22. The van der Waals surface area contributed by atoms with Crippen LogP contribution in [0.15, 0.2) is 40.9 Å². The summed E-state index contributed by atoms with van der Waals surface area (Å²) in [5.41, 5.74) is -1.16. The Balaban J connectivity index is 2.34. The van der Waals surface area contributed by atoms with E-state index in [-0.39, 0.29) is 23.9 Å². The molecule has 1 N–H and O–H groups in total. The van der Waals surface area contributed by atoms with Crippen LogP contribution in [0.4, 0.5) is 17.6 Å². The lowest BCUT2D eigenvalue weighted by Crippen LogP contribution is -2.12. The molecule has 5 nitrogen and oxygen atoms in total. The van der Waals surface area contributed by atoms with E-state index in [0.717, 1.165) is 24.4 Å². The molecule has 1 heterocycles. The highest BCUT2D eigenvalue weighted by atomic mass is 35.5. The van der Waals surface area contributed by atoms with Gasteiger partial charge in [-0.2, -0.15) is 13.2 Å². The van der Waals surface area contributed by atoms with Crippen molar-refractivity contribution in [2.24, 2.45) is 4.99 Å². The number of hydrogen-bond donors (Lipinski definition) is 1. The monoisotopic (exact) mass is 464 g/mol. The van der Waals surface area contributed by atoms with Gasteiger partial charge in [-0.05, 0) is 30.7 Å². The molecule has 0 radical (unpaired) electrons. The first-order chi connectivity index (χ1) is 14.0. The van der Waals surface area contributed by atoms with Crippen LogP contribution in [0, 0.1) is 5.82 Å². The molecule has 1 aromatic heterocycles. The molecule has 1 aromatic carbocycles. The number of hydrogen-bond acceptors (Lipinski definition) is 5. The molecule has 0 amide bonds. The predicted octanol–water partition coefficient (Wildman–Crippen LogP) is 5.65. The topological polar surface area (TPSA) is 71.8 Å². The van der Waals surface area contributed by atoms with Crippen molar-refractivity contribution in [2.75, 3.05) is 6.61 Å². The number of nitrogens with zero attached hydrogens (tertiary/aromatic N) is 2. The Kier molecular flexibility index (Phi) is 7.80. The van der Waals surface area contributed by atoms with Crippen molar-refractivity contribution in [3.63, 3.8) is 0 Å². The number of esters is 1. The Labute approximate surface area is 178 Å². The van der Waals surface area contributed by atoms with Crippen molar-refractivity contribution in [3.05, 3.63) is 68.7 Å². The molecule has 0 fully saturated rings. The number of halogens is 6. The quantitative estimate of drug-likeness (QED) is 0.150. The third-order valence-electron chi connectivity index (χ3n) is 3.67. The summed E-state index contributed by atoms with van der Waals surface area (Å²) >= 11 is 11.4. The Morgan fingerprint density at radius 2 is 1.87 bits per heavy atom. The first-order valence-corrected chi connectivity index (χ1v) is 9.08. The molecule has 0 atom stereocenters. The Morgan fingerprint density at radius 1 is 1.23 bits per heavy atom. The standard InChI is InChI=1S/C19H14Cl2F4N2O3/c1-2-30-18(29)13(15(28)12-7-14(22)17(21)27-16(12)20)9-26-8-10-3-5-11(6-4-10)19(23,24)25/h3-7,9,28H,2,8H2,1H3/b15-13-,26-9?. The Morgan fingerprint density at radius 3 is 2.43 bits per heavy atom. The molecule has 160 valence electrons. The SMILES string of the molecule is CCOC(=O)/C(C=NCc1ccc(C(F)(F)F)cc1)=C(\O)c1cc(F)c(Cl)nc1Cl. The van der Waals surface area contributed by atoms with E-state index in [4.69, 9.17) is 27.9 Å². The minimum atomic E-state index is -4.46. The van der Waals surface area contributed by atoms with Crippen LogP contribution in [0.1, 0.15) is 23.6 Å². The van der Waals surface area contributed by atoms with Gasteiger partial charge in [0.05, 0.1) is 24.3 Å². The van der Waals surface area contributed by atoms with E-state index in [0.29, 0.717) is 5.56 Å². The number of benzene rings is 1. The molecular weight excluding hydrogens is 451 g/mol. The average Bonchev–Trinajstić information content (AvgIpc) is 2.67. The van der Waals surface area contributed by atoms with E-state index >= 15 is 0 Å². The fourth-order valence-corrected chi connectivity index (χ4v) is 2.63. The lowest BCUT2D eigenvalue weighted by molar-refractivity contribution is -0.138. The molecule has 2 rings (SSSR count). The molecule has 0 saturated heterocycles. The maximum Gasteiger partial charge on any atom is 0.416 e. The summed E-state index contributed by atoms with van der Waals surface area (Å²) in [4.78, 5) is 19.6. The van der Waals surface area contributed by atoms with Crippen LogP contribution in [0.2, 0.25) is 10.3 Å². The second kappa shape index (κ2) is 9.90. The number of carbonyl (C=O) groups is 1. The fourth-order valence-electron chi connectivity index (χ4n) is 2.22. The molecule has 0 bridgehead atoms. The number of aliphatic hydroxyl groups is 1. The summed E-state index contributed by atoms with van der Waals surface area (Å²) < 4.78 is 56.4. The van der Waals surface area contributed by atoms with Gasteiger partial charge in [-0.1, -0.05) is 35.3 Å². The van der Waals surface area contributed by atoms with Crippen molar-refractivity contribution in [1.82, 2.24) is 4.98 Å². The second-order valence-corrected chi connectivity index (χ2v) is 6.46. The minimum absolute atomic E-state index is 0.0245. The summed E-state index contributed by atoms with van der Waals surface area (Å²) in [5, 5.41) is 9.54. The zero-order chi connectivity index (χ0) is 22.5. The van der Waals surface area contributed by atoms with Gasteiger partial charge in [0, 0.05) is 6.21 Å². The van der Waals surface area contributed by atoms with Gasteiger partial charge in [0.25, 0.3) is 0 Å². The van der Waals surface area contributed by atoms with Crippen LogP contribution in [0.5, 0.6) is 0 Å². The van der Waals surface area contributed by atoms with Crippen LogP contribution < -0.4 is 0 Å². The maximum absolute atomic E-state index is 13.7. The number of ether oxygens (including phenoxy) is 1. The molecule has 0 aliphatic rings. The largest absolute Gasteiger partial charge is 0.506 e. The number of pyridine rings is 1. The smallest absolute Gasteiger partial charge is 0.416 e. The number of aliphatic hydroxyl groups excluding tert-OH is 1. The molecule has 2 aromatic rings. The van der Waals surface area contributed by atoms with E-state index in [1.54, 1.807) is 0 Å². The number of alkyl halides is 3. The fraction of sp³-hybridized carbons (Fsp3) is 0.211. The zero-order valence-electron chi connectivity index (χ0n) is 15.3. The molecule has 0 aliphatic carbocycles. The van der Waals surface area contributed by atoms with E-state index < -0.39 is 40.0 Å². The highest BCUT2D eigenvalue weighted by Gasteiger charge is 2.29. The van der Waals surface area contributed by atoms with E-state index in [1.807, 2.05) is 0 Å². The summed E-state index contributed by atoms with van der Waals surface area (Å²) in [7, 11) is 0. The van der Waals surface area contributed by atoms with E-state index in [1.165, 1.54) is 19.1 Å². The lowest BCUT2D eigenvalue weighted by atomic mass is 10.1. The van der Waals surface area contributed by atoms with Crippen LogP contribution in [-0.2, 0) is 22.3 Å². The van der Waals surface area contributed by atoms with Crippen molar-refractivity contribution in [3.8, 4) is 0 Å². The van der Waals surface area contributed by atoms with Crippen molar-refractivity contribution in [1.29, 1.82) is 0 Å². The predicted molar refractivity (Wildman–Crippen MR) is 104 cm³/mol. The normalized spacial score (nSPS) is 12.8. The van der Waals surface area contributed by atoms with Crippen LogP contribution in [0.3, 0.4) is 0 Å². The average molecular weight is 465 g/mol. The van der Waals surface area contributed by atoms with Gasteiger partial charge in [-0.15, -0.1) is 0 Å². The van der Waals surface area contributed by atoms with Crippen LogP contribution >= 0.6 is 23.2 Å². The van der Waals surface area contributed by atoms with E-state index in [2.05, 4.69) is 9.98 Å². The highest BCUT2D eigenvalue weighted by Crippen LogP contribution is 2.29. The summed E-state index contributed by atoms with van der Waals surface area (Å²) in [6.07, 6.45) is -3.51. The number of carbonyl (C=O) groups excluding carboxylic acids is 1. The minimum Gasteiger partial charge on any atom is -0.506 e. The number of rotatable bonds is 6. The van der Waals surface area contributed by atoms with Gasteiger partial charge in [0.15, 0.2) is 11.0 Å². The summed E-state index contributed by atoms with van der Waals surface area (Å²) in [6.45, 7) is 1.40. The Hall–Kier alpha value is -2.65. The summed E-state index contributed by atoms with van der Waals surface area (Å²) in [6, 6.07) is 5.03. The highest BCUT2D eigenvalue weighted by molar-refractivity contribution is 6.34. The van der Waals surface area contributed by atoms with Crippen molar-refractivity contribution < 1.29 is 32.2 Å². The second-order valence-electron chi connectivity index (χ2n) is 5.75. The van der Waals surface area contributed by atoms with Gasteiger partial charge in [0.1, 0.15) is 16.5 Å². The third kappa shape index (κ3) is 5.93. The Bertz CT molecular complexity index is 991. The summed E-state index contributed by atoms with van der Waals surface area (Å²) in [5.74, 6) is -2.71. The van der Waals surface area contributed by atoms with Gasteiger partial charge >= 0.3 is 12.1 Å². The van der Waals surface area contributed by atoms with Crippen LogP contribution in [0.25, 0.3) is 5.76 Å². The molecule has 0 aliphatic heterocycles. The molecule has 0 unspecified atom stereocenters. The molecule has 30 heavy (non-hydrogen) atoms. The molecule has 0 saturated carbocycles. The van der Waals surface area contributed by atoms with Crippen LogP contribution in [-0.4, -0.2) is 28.9 Å². The van der Waals surface area contributed by atoms with E-state index in [9.17, 15) is 27.5 Å². The first-order valence-electron chi connectivity index (χ1n) is 8.32. The number of aromatic nitrogens is 1. The van der Waals surface area contributed by atoms with Gasteiger partial charge in [-0.25, -0.2) is 14.2 Å². The lowest BCUT2D eigenvalue weighted by Gasteiger charge is -2.09. The van der Waals surface area contributed by atoms with Crippen molar-refractivity contribution >= 4 is 41.1 Å². The van der Waals surface area contributed by atoms with Gasteiger partial charge < -0.3 is 9.84 Å². The molecule has 11 heteroatoms. The van der Waals surface area contributed by atoms with Gasteiger partial charge in [0.2, 0.25) is 0 Å².